The number of halogens is 1. The summed E-state index contributed by atoms with van der Waals surface area (Å²) in [7, 11) is 0. The molecule has 0 unspecified atom stereocenters. The number of benzene rings is 1. The molecular weight excluding hydrogens is 289 g/mol. The average Bonchev–Trinajstić information content (AvgIpc) is 3.07. The Bertz CT molecular complexity index is 777. The molecule has 1 aromatic heterocycles. The molecule has 0 amide bonds. The second kappa shape index (κ2) is 5.10. The lowest BCUT2D eigenvalue weighted by Crippen LogP contribution is -2.26. The fourth-order valence-corrected chi connectivity index (χ4v) is 2.84. The molecule has 0 saturated carbocycles. The van der Waals surface area contributed by atoms with Gasteiger partial charge in [-0.3, -0.25) is 4.57 Å². The maximum Gasteiger partial charge on any atom is 0.352 e. The Balaban J connectivity index is 1.57. The first-order valence-corrected chi connectivity index (χ1v) is 7.04. The molecule has 7 heteroatoms. The van der Waals surface area contributed by atoms with Gasteiger partial charge >= 0.3 is 5.69 Å². The molecule has 2 aliphatic heterocycles. The zero-order valence-corrected chi connectivity index (χ0v) is 11.7. The third kappa shape index (κ3) is 2.23. The first-order chi connectivity index (χ1) is 10.7. The van der Waals surface area contributed by atoms with E-state index in [0.29, 0.717) is 25.4 Å². The average molecular weight is 303 g/mol. The van der Waals surface area contributed by atoms with Crippen molar-refractivity contribution in [3.05, 3.63) is 52.2 Å². The highest BCUT2D eigenvalue weighted by atomic mass is 19.1. The summed E-state index contributed by atoms with van der Waals surface area (Å²) >= 11 is 0. The minimum absolute atomic E-state index is 0.160. The van der Waals surface area contributed by atoms with E-state index in [0.717, 1.165) is 5.82 Å². The van der Waals surface area contributed by atoms with Crippen LogP contribution in [0, 0.1) is 5.82 Å². The van der Waals surface area contributed by atoms with Gasteiger partial charge in [-0.2, -0.15) is 4.98 Å². The highest BCUT2D eigenvalue weighted by Crippen LogP contribution is 2.29. The topological polar surface area (TPSA) is 56.6 Å². The van der Waals surface area contributed by atoms with Crippen LogP contribution in [0.2, 0.25) is 0 Å². The zero-order valence-electron chi connectivity index (χ0n) is 11.7. The number of fused-ring (bicyclic) bond motifs is 3. The summed E-state index contributed by atoms with van der Waals surface area (Å²) in [5.74, 6) is 0.685. The molecule has 0 N–H and O–H groups in total. The van der Waals surface area contributed by atoms with Crippen LogP contribution in [0.3, 0.4) is 0 Å². The van der Waals surface area contributed by atoms with Crippen LogP contribution in [0.25, 0.3) is 0 Å². The van der Waals surface area contributed by atoms with Gasteiger partial charge in [0.25, 0.3) is 0 Å². The van der Waals surface area contributed by atoms with Crippen LogP contribution in [0.1, 0.15) is 5.56 Å². The number of rotatable bonds is 3. The van der Waals surface area contributed by atoms with Crippen molar-refractivity contribution < 1.29 is 13.9 Å². The molecule has 2 aliphatic rings. The van der Waals surface area contributed by atoms with Crippen molar-refractivity contribution in [1.82, 2.24) is 9.55 Å². The molecule has 2 aromatic rings. The molecule has 0 spiro atoms. The van der Waals surface area contributed by atoms with Gasteiger partial charge in [0.15, 0.2) is 0 Å². The minimum atomic E-state index is -0.332. The molecule has 114 valence electrons. The van der Waals surface area contributed by atoms with E-state index in [2.05, 4.69) is 4.98 Å². The highest BCUT2D eigenvalue weighted by Gasteiger charge is 2.35. The number of hydrogen-bond donors (Lipinski definition) is 0. The summed E-state index contributed by atoms with van der Waals surface area (Å²) in [5.41, 5.74) is 0.353. The molecule has 6 nitrogen and oxygen atoms in total. The molecular formula is C15H14FN3O3. The van der Waals surface area contributed by atoms with Gasteiger partial charge in [-0.15, -0.1) is 0 Å². The standard InChI is InChI=1S/C15H14FN3O3/c16-11-3-1-2-10(4-11)7-22-13-5-14-18(15(20)17-13)6-12-8-21-9-19(12)14/h1-5,12H,6-9H2/t12-/m0/s1. The Labute approximate surface area is 125 Å². The van der Waals surface area contributed by atoms with Crippen molar-refractivity contribution in [1.29, 1.82) is 0 Å². The normalized spacial score (nSPS) is 19.1. The smallest absolute Gasteiger partial charge is 0.352 e. The maximum atomic E-state index is 13.1. The first kappa shape index (κ1) is 13.3. The van der Waals surface area contributed by atoms with Gasteiger partial charge in [0.1, 0.15) is 25.0 Å². The van der Waals surface area contributed by atoms with E-state index < -0.39 is 0 Å². The van der Waals surface area contributed by atoms with E-state index in [-0.39, 0.29) is 30.0 Å². The van der Waals surface area contributed by atoms with Gasteiger partial charge in [-0.05, 0) is 17.7 Å². The minimum Gasteiger partial charge on any atom is -0.473 e. The largest absolute Gasteiger partial charge is 0.473 e. The SMILES string of the molecule is O=c1nc(OCc2cccc(F)c2)cc2n1C[C@H]1COCN21. The third-order valence-corrected chi connectivity index (χ3v) is 3.91. The lowest BCUT2D eigenvalue weighted by atomic mass is 10.2. The number of anilines is 1. The van der Waals surface area contributed by atoms with Crippen molar-refractivity contribution in [2.75, 3.05) is 18.2 Å². The molecule has 1 aromatic carbocycles. The molecule has 1 saturated heterocycles. The summed E-state index contributed by atoms with van der Waals surface area (Å²) in [6.07, 6.45) is 0. The lowest BCUT2D eigenvalue weighted by molar-refractivity contribution is 0.189. The van der Waals surface area contributed by atoms with Crippen molar-refractivity contribution in [2.24, 2.45) is 0 Å². The fraction of sp³-hybridized carbons (Fsp3) is 0.333. The molecule has 0 bridgehead atoms. The quantitative estimate of drug-likeness (QED) is 0.851. The Morgan fingerprint density at radius 2 is 2.32 bits per heavy atom. The second-order valence-corrected chi connectivity index (χ2v) is 5.39. The predicted molar refractivity (Wildman–Crippen MR) is 76.3 cm³/mol. The van der Waals surface area contributed by atoms with Crippen molar-refractivity contribution in [3.8, 4) is 5.88 Å². The Morgan fingerprint density at radius 1 is 1.41 bits per heavy atom. The molecule has 1 fully saturated rings. The van der Waals surface area contributed by atoms with Crippen LogP contribution < -0.4 is 15.3 Å². The van der Waals surface area contributed by atoms with Gasteiger partial charge in [-0.1, -0.05) is 12.1 Å². The highest BCUT2D eigenvalue weighted by molar-refractivity contribution is 5.47. The van der Waals surface area contributed by atoms with Crippen molar-refractivity contribution >= 4 is 5.82 Å². The van der Waals surface area contributed by atoms with E-state index in [1.54, 1.807) is 22.8 Å². The Morgan fingerprint density at radius 3 is 3.18 bits per heavy atom. The van der Waals surface area contributed by atoms with Gasteiger partial charge in [0.2, 0.25) is 5.88 Å². The van der Waals surface area contributed by atoms with Crippen LogP contribution >= 0.6 is 0 Å². The van der Waals surface area contributed by atoms with E-state index in [9.17, 15) is 9.18 Å². The fourth-order valence-electron chi connectivity index (χ4n) is 2.84. The van der Waals surface area contributed by atoms with E-state index in [1.807, 2.05) is 4.90 Å². The number of aromatic nitrogens is 2. The van der Waals surface area contributed by atoms with Gasteiger partial charge in [0.05, 0.1) is 19.2 Å². The molecule has 4 rings (SSSR count). The first-order valence-electron chi connectivity index (χ1n) is 7.04. The molecule has 22 heavy (non-hydrogen) atoms. The monoisotopic (exact) mass is 303 g/mol. The van der Waals surface area contributed by atoms with Crippen molar-refractivity contribution in [2.45, 2.75) is 19.2 Å². The summed E-state index contributed by atoms with van der Waals surface area (Å²) in [4.78, 5) is 18.0. The second-order valence-electron chi connectivity index (χ2n) is 5.39. The Hall–Kier alpha value is -2.41. The third-order valence-electron chi connectivity index (χ3n) is 3.91. The number of ether oxygens (including phenoxy) is 2. The summed E-state index contributed by atoms with van der Waals surface area (Å²) in [6.45, 7) is 1.83. The number of hydrogen-bond acceptors (Lipinski definition) is 5. The van der Waals surface area contributed by atoms with Crippen LogP contribution in [0.4, 0.5) is 10.2 Å². The van der Waals surface area contributed by atoms with E-state index in [1.165, 1.54) is 12.1 Å². The van der Waals surface area contributed by atoms with E-state index >= 15 is 0 Å². The summed E-state index contributed by atoms with van der Waals surface area (Å²) < 4.78 is 25.7. The summed E-state index contributed by atoms with van der Waals surface area (Å²) in [6, 6.07) is 8.06. The lowest BCUT2D eigenvalue weighted by Gasteiger charge is -2.15. The number of nitrogens with zero attached hydrogens (tertiary/aromatic N) is 3. The van der Waals surface area contributed by atoms with Gasteiger partial charge in [-0.25, -0.2) is 9.18 Å². The van der Waals surface area contributed by atoms with Gasteiger partial charge < -0.3 is 14.4 Å². The van der Waals surface area contributed by atoms with Crippen LogP contribution in [-0.4, -0.2) is 28.9 Å². The van der Waals surface area contributed by atoms with Gasteiger partial charge in [0, 0.05) is 6.07 Å². The van der Waals surface area contributed by atoms with Crippen LogP contribution in [0.5, 0.6) is 5.88 Å². The molecule has 1 atom stereocenters. The summed E-state index contributed by atoms with van der Waals surface area (Å²) in [5, 5.41) is 0. The van der Waals surface area contributed by atoms with Crippen LogP contribution in [-0.2, 0) is 17.9 Å². The zero-order chi connectivity index (χ0) is 15.1. The van der Waals surface area contributed by atoms with Crippen molar-refractivity contribution in [3.63, 3.8) is 0 Å². The Kier molecular flexibility index (Phi) is 3.07. The predicted octanol–water partition coefficient (Wildman–Crippen LogP) is 1.14. The molecule has 3 heterocycles. The molecule has 0 aliphatic carbocycles. The van der Waals surface area contributed by atoms with E-state index in [4.69, 9.17) is 9.47 Å². The van der Waals surface area contributed by atoms with Crippen LogP contribution in [0.15, 0.2) is 35.1 Å². The molecule has 0 radical (unpaired) electrons. The maximum absolute atomic E-state index is 13.1.